The van der Waals surface area contributed by atoms with E-state index in [1.807, 2.05) is 36.4 Å². The summed E-state index contributed by atoms with van der Waals surface area (Å²) < 4.78 is 0. The zero-order valence-electron chi connectivity index (χ0n) is 15.3. The highest BCUT2D eigenvalue weighted by atomic mass is 16.2. The van der Waals surface area contributed by atoms with Crippen molar-refractivity contribution in [1.82, 2.24) is 5.32 Å². The maximum absolute atomic E-state index is 12.6. The third kappa shape index (κ3) is 4.37. The first-order valence-corrected chi connectivity index (χ1v) is 9.68. The van der Waals surface area contributed by atoms with Gasteiger partial charge in [0.2, 0.25) is 5.91 Å². The van der Waals surface area contributed by atoms with Crippen molar-refractivity contribution in [1.29, 1.82) is 0 Å². The second kappa shape index (κ2) is 7.92. The van der Waals surface area contributed by atoms with Crippen molar-refractivity contribution in [2.75, 3.05) is 10.6 Å². The highest BCUT2D eigenvalue weighted by Gasteiger charge is 2.34. The number of piperidine rings is 1. The number of carbonyl (C=O) groups is 2. The van der Waals surface area contributed by atoms with Crippen LogP contribution in [0.15, 0.2) is 54.6 Å². The van der Waals surface area contributed by atoms with Gasteiger partial charge in [-0.1, -0.05) is 30.3 Å². The lowest BCUT2D eigenvalue weighted by Crippen LogP contribution is -2.39. The van der Waals surface area contributed by atoms with Crippen LogP contribution in [0.1, 0.15) is 42.5 Å². The van der Waals surface area contributed by atoms with E-state index >= 15 is 0 Å². The van der Waals surface area contributed by atoms with Gasteiger partial charge in [-0.15, -0.1) is 0 Å². The molecule has 2 amide bonds. The van der Waals surface area contributed by atoms with Crippen LogP contribution in [0.3, 0.4) is 0 Å². The van der Waals surface area contributed by atoms with Crippen LogP contribution < -0.4 is 16.0 Å². The molecule has 2 aliphatic rings. The number of benzene rings is 2. The van der Waals surface area contributed by atoms with E-state index < -0.39 is 0 Å². The van der Waals surface area contributed by atoms with Gasteiger partial charge in [-0.25, -0.2) is 0 Å². The quantitative estimate of drug-likeness (QED) is 0.757. The summed E-state index contributed by atoms with van der Waals surface area (Å²) in [5, 5.41) is 9.50. The first-order valence-electron chi connectivity index (χ1n) is 9.68. The normalized spacial score (nSPS) is 23.6. The van der Waals surface area contributed by atoms with Crippen LogP contribution in [0, 0.1) is 5.92 Å². The highest BCUT2D eigenvalue weighted by molar-refractivity contribution is 6.07. The Bertz CT molecular complexity index is 809. The number of hydrogen-bond acceptors (Lipinski definition) is 3. The molecule has 2 aromatic rings. The van der Waals surface area contributed by atoms with Gasteiger partial charge in [-0.3, -0.25) is 9.59 Å². The van der Waals surface area contributed by atoms with E-state index in [0.29, 0.717) is 41.4 Å². The Morgan fingerprint density at radius 2 is 1.44 bits per heavy atom. The standard InChI is InChI=1S/C22H25N3O2/c26-21(14-15-12-17-10-11-18(13-15)23-17)24-19-8-4-5-9-20(19)25-22(27)16-6-2-1-3-7-16/h1-9,15,17-18,23H,10-14H2,(H,24,26)(H,25,27). The van der Waals surface area contributed by atoms with E-state index in [-0.39, 0.29) is 11.8 Å². The molecule has 2 atom stereocenters. The predicted octanol–water partition coefficient (Wildman–Crippen LogP) is 3.80. The maximum Gasteiger partial charge on any atom is 0.255 e. The summed E-state index contributed by atoms with van der Waals surface area (Å²) >= 11 is 0. The Balaban J connectivity index is 1.39. The number of carbonyl (C=O) groups excluding carboxylic acids is 2. The number of nitrogens with one attached hydrogen (secondary N) is 3. The SMILES string of the molecule is O=C(CC1CC2CCC(C1)N2)Nc1ccccc1NC(=O)c1ccccc1. The average Bonchev–Trinajstić information content (AvgIpc) is 3.02. The number of para-hydroxylation sites is 2. The molecule has 0 radical (unpaired) electrons. The van der Waals surface area contributed by atoms with Crippen LogP contribution in [-0.2, 0) is 4.79 Å². The van der Waals surface area contributed by atoms with Crippen LogP contribution in [0.2, 0.25) is 0 Å². The molecule has 140 valence electrons. The number of rotatable bonds is 5. The summed E-state index contributed by atoms with van der Waals surface area (Å²) in [7, 11) is 0. The van der Waals surface area contributed by atoms with E-state index in [4.69, 9.17) is 0 Å². The lowest BCUT2D eigenvalue weighted by Gasteiger charge is -2.28. The Hall–Kier alpha value is -2.66. The minimum atomic E-state index is -0.188. The van der Waals surface area contributed by atoms with Crippen molar-refractivity contribution in [2.45, 2.75) is 44.2 Å². The minimum absolute atomic E-state index is 0.0164. The van der Waals surface area contributed by atoms with Crippen molar-refractivity contribution in [2.24, 2.45) is 5.92 Å². The van der Waals surface area contributed by atoms with Gasteiger partial charge >= 0.3 is 0 Å². The largest absolute Gasteiger partial charge is 0.324 e. The predicted molar refractivity (Wildman–Crippen MR) is 107 cm³/mol. The maximum atomic E-state index is 12.6. The van der Waals surface area contributed by atoms with Crippen LogP contribution in [0.5, 0.6) is 0 Å². The van der Waals surface area contributed by atoms with Crippen LogP contribution >= 0.6 is 0 Å². The summed E-state index contributed by atoms with van der Waals surface area (Å²) in [4.78, 5) is 25.0. The molecule has 0 saturated carbocycles. The van der Waals surface area contributed by atoms with Gasteiger partial charge in [0, 0.05) is 24.1 Å². The molecule has 0 aliphatic carbocycles. The molecular weight excluding hydrogens is 338 g/mol. The molecular formula is C22H25N3O2. The summed E-state index contributed by atoms with van der Waals surface area (Å²) in [6.45, 7) is 0. The number of amides is 2. The van der Waals surface area contributed by atoms with E-state index in [9.17, 15) is 9.59 Å². The lowest BCUT2D eigenvalue weighted by molar-refractivity contribution is -0.117. The Labute approximate surface area is 159 Å². The molecule has 27 heavy (non-hydrogen) atoms. The number of hydrogen-bond donors (Lipinski definition) is 3. The van der Waals surface area contributed by atoms with Crippen molar-refractivity contribution in [3.05, 3.63) is 60.2 Å². The molecule has 2 aliphatic heterocycles. The summed E-state index contributed by atoms with van der Waals surface area (Å²) in [6.07, 6.45) is 5.16. The third-order valence-electron chi connectivity index (χ3n) is 5.53. The molecule has 2 saturated heterocycles. The first-order chi connectivity index (χ1) is 13.2. The molecule has 5 heteroatoms. The van der Waals surface area contributed by atoms with Gasteiger partial charge in [0.25, 0.3) is 5.91 Å². The Morgan fingerprint density at radius 3 is 2.11 bits per heavy atom. The van der Waals surface area contributed by atoms with Crippen LogP contribution in [-0.4, -0.2) is 23.9 Å². The van der Waals surface area contributed by atoms with Gasteiger partial charge in [0.15, 0.2) is 0 Å². The monoisotopic (exact) mass is 363 g/mol. The van der Waals surface area contributed by atoms with Crippen molar-refractivity contribution >= 4 is 23.2 Å². The molecule has 2 bridgehead atoms. The van der Waals surface area contributed by atoms with Gasteiger partial charge in [-0.2, -0.15) is 0 Å². The molecule has 2 fully saturated rings. The topological polar surface area (TPSA) is 70.2 Å². The van der Waals surface area contributed by atoms with Crippen LogP contribution in [0.4, 0.5) is 11.4 Å². The fourth-order valence-corrected chi connectivity index (χ4v) is 4.29. The molecule has 2 heterocycles. The minimum Gasteiger partial charge on any atom is -0.324 e. The van der Waals surface area contributed by atoms with Crippen molar-refractivity contribution < 1.29 is 9.59 Å². The molecule has 0 spiro atoms. The van der Waals surface area contributed by atoms with E-state index in [1.54, 1.807) is 18.2 Å². The van der Waals surface area contributed by atoms with Gasteiger partial charge in [-0.05, 0) is 55.9 Å². The average molecular weight is 363 g/mol. The molecule has 2 aromatic carbocycles. The fraction of sp³-hybridized carbons (Fsp3) is 0.364. The van der Waals surface area contributed by atoms with Gasteiger partial charge < -0.3 is 16.0 Å². The lowest BCUT2D eigenvalue weighted by atomic mass is 9.89. The molecule has 3 N–H and O–H groups in total. The highest BCUT2D eigenvalue weighted by Crippen LogP contribution is 2.33. The summed E-state index contributed by atoms with van der Waals surface area (Å²) in [6, 6.07) is 17.6. The van der Waals surface area contributed by atoms with Crippen molar-refractivity contribution in [3.63, 3.8) is 0 Å². The molecule has 4 rings (SSSR count). The third-order valence-corrected chi connectivity index (χ3v) is 5.53. The molecule has 0 aromatic heterocycles. The Kier molecular flexibility index (Phi) is 5.21. The van der Waals surface area contributed by atoms with E-state index in [0.717, 1.165) is 12.8 Å². The smallest absolute Gasteiger partial charge is 0.255 e. The summed E-state index contributed by atoms with van der Waals surface area (Å²) in [5.41, 5.74) is 1.84. The second-order valence-corrected chi connectivity index (χ2v) is 7.59. The zero-order valence-corrected chi connectivity index (χ0v) is 15.3. The van der Waals surface area contributed by atoms with Gasteiger partial charge in [0.1, 0.15) is 0 Å². The number of anilines is 2. The first kappa shape index (κ1) is 17.7. The second-order valence-electron chi connectivity index (χ2n) is 7.59. The van der Waals surface area contributed by atoms with E-state index in [1.165, 1.54) is 12.8 Å². The Morgan fingerprint density at radius 1 is 0.852 bits per heavy atom. The number of fused-ring (bicyclic) bond motifs is 2. The van der Waals surface area contributed by atoms with Gasteiger partial charge in [0.05, 0.1) is 11.4 Å². The molecule has 5 nitrogen and oxygen atoms in total. The van der Waals surface area contributed by atoms with E-state index in [2.05, 4.69) is 16.0 Å². The van der Waals surface area contributed by atoms with Crippen LogP contribution in [0.25, 0.3) is 0 Å². The van der Waals surface area contributed by atoms with Crippen molar-refractivity contribution in [3.8, 4) is 0 Å². The summed E-state index contributed by atoms with van der Waals surface area (Å²) in [5.74, 6) is 0.268. The molecule has 2 unspecified atom stereocenters. The zero-order chi connectivity index (χ0) is 18.6. The fourth-order valence-electron chi connectivity index (χ4n) is 4.29.